The summed E-state index contributed by atoms with van der Waals surface area (Å²) >= 11 is 7.68. The van der Waals surface area contributed by atoms with Crippen molar-refractivity contribution in [2.24, 2.45) is 0 Å². The third kappa shape index (κ3) is 6.43. The molecule has 152 valence electrons. The predicted molar refractivity (Wildman–Crippen MR) is 119 cm³/mol. The van der Waals surface area contributed by atoms with E-state index >= 15 is 0 Å². The number of amides is 1. The number of thioether (sulfide) groups is 1. The average Bonchev–Trinajstić information content (AvgIpc) is 2.68. The molecular formula is C20H25ClN2O3S2. The molecule has 0 fully saturated rings. The van der Waals surface area contributed by atoms with Crippen molar-refractivity contribution >= 4 is 45.0 Å². The Hall–Kier alpha value is -1.70. The fourth-order valence-electron chi connectivity index (χ4n) is 2.63. The van der Waals surface area contributed by atoms with Crippen molar-refractivity contribution in [1.29, 1.82) is 0 Å². The monoisotopic (exact) mass is 440 g/mol. The quantitative estimate of drug-likeness (QED) is 0.563. The summed E-state index contributed by atoms with van der Waals surface area (Å²) in [5.41, 5.74) is 2.23. The van der Waals surface area contributed by atoms with Crippen LogP contribution in [0.2, 0.25) is 5.02 Å². The Labute approximate surface area is 176 Å². The first-order valence-electron chi connectivity index (χ1n) is 9.08. The van der Waals surface area contributed by atoms with E-state index in [2.05, 4.69) is 5.32 Å². The normalized spacial score (nSPS) is 11.2. The van der Waals surface area contributed by atoms with E-state index in [4.69, 9.17) is 11.6 Å². The lowest BCUT2D eigenvalue weighted by Crippen LogP contribution is -2.32. The maximum absolute atomic E-state index is 12.3. The molecule has 0 heterocycles. The summed E-state index contributed by atoms with van der Waals surface area (Å²) in [7, 11) is -3.32. The molecular weight excluding hydrogens is 416 g/mol. The van der Waals surface area contributed by atoms with Crippen LogP contribution in [0.3, 0.4) is 0 Å². The van der Waals surface area contributed by atoms with Crippen LogP contribution >= 0.6 is 23.4 Å². The summed E-state index contributed by atoms with van der Waals surface area (Å²) in [5, 5.41) is 3.61. The Balaban J connectivity index is 1.82. The number of benzene rings is 2. The second-order valence-corrected chi connectivity index (χ2v) is 9.77. The Morgan fingerprint density at radius 1 is 1.14 bits per heavy atom. The zero-order chi connectivity index (χ0) is 20.6. The van der Waals surface area contributed by atoms with Gasteiger partial charge < -0.3 is 5.32 Å². The number of hydrogen-bond donors (Lipinski definition) is 1. The first-order valence-corrected chi connectivity index (χ1v) is 12.2. The van der Waals surface area contributed by atoms with Crippen molar-refractivity contribution in [3.05, 3.63) is 64.7 Å². The first-order chi connectivity index (χ1) is 13.4. The second kappa shape index (κ2) is 10.7. The van der Waals surface area contributed by atoms with Gasteiger partial charge in [0.15, 0.2) is 0 Å². The van der Waals surface area contributed by atoms with E-state index in [1.807, 2.05) is 24.3 Å². The van der Waals surface area contributed by atoms with Gasteiger partial charge >= 0.3 is 0 Å². The lowest BCUT2D eigenvalue weighted by molar-refractivity contribution is 0.0956. The molecule has 0 unspecified atom stereocenters. The van der Waals surface area contributed by atoms with Crippen LogP contribution in [0.1, 0.15) is 29.8 Å². The Morgan fingerprint density at radius 3 is 2.46 bits per heavy atom. The molecule has 0 spiro atoms. The SMILES string of the molecule is CCN(c1ccc(C(=O)NCCSCc2cccc(Cl)c2)cc1)S(=O)(=O)CC. The minimum atomic E-state index is -3.32. The number of sulfonamides is 1. The van der Waals surface area contributed by atoms with E-state index in [0.717, 1.165) is 22.1 Å². The predicted octanol–water partition coefficient (Wildman–Crippen LogP) is 4.18. The van der Waals surface area contributed by atoms with Gasteiger partial charge in [-0.1, -0.05) is 23.7 Å². The standard InChI is InChI=1S/C20H25ClN2O3S2/c1-3-23(28(25,26)4-2)19-10-8-17(9-11-19)20(24)22-12-13-27-15-16-6-5-7-18(21)14-16/h5-11,14H,3-4,12-13,15H2,1-2H3,(H,22,24). The van der Waals surface area contributed by atoms with Gasteiger partial charge in [0.25, 0.3) is 5.91 Å². The fourth-order valence-corrected chi connectivity index (χ4v) is 4.80. The van der Waals surface area contributed by atoms with Crippen molar-refractivity contribution in [2.45, 2.75) is 19.6 Å². The molecule has 2 rings (SSSR count). The number of nitrogens with one attached hydrogen (secondary N) is 1. The summed E-state index contributed by atoms with van der Waals surface area (Å²) in [6.45, 7) is 4.31. The molecule has 0 aromatic heterocycles. The van der Waals surface area contributed by atoms with Crippen LogP contribution in [0.5, 0.6) is 0 Å². The highest BCUT2D eigenvalue weighted by molar-refractivity contribution is 7.98. The van der Waals surface area contributed by atoms with E-state index in [-0.39, 0.29) is 11.7 Å². The van der Waals surface area contributed by atoms with E-state index in [1.165, 1.54) is 4.31 Å². The van der Waals surface area contributed by atoms with Crippen LogP contribution in [0.15, 0.2) is 48.5 Å². The lowest BCUT2D eigenvalue weighted by Gasteiger charge is -2.22. The molecule has 0 bridgehead atoms. The maximum Gasteiger partial charge on any atom is 0.251 e. The Morgan fingerprint density at radius 2 is 1.86 bits per heavy atom. The molecule has 0 aliphatic heterocycles. The maximum atomic E-state index is 12.3. The van der Waals surface area contributed by atoms with E-state index in [9.17, 15) is 13.2 Å². The van der Waals surface area contributed by atoms with Gasteiger partial charge in [-0.05, 0) is 55.8 Å². The van der Waals surface area contributed by atoms with Gasteiger partial charge in [0.1, 0.15) is 0 Å². The number of hydrogen-bond acceptors (Lipinski definition) is 4. The van der Waals surface area contributed by atoms with E-state index in [1.54, 1.807) is 49.9 Å². The van der Waals surface area contributed by atoms with Crippen LogP contribution < -0.4 is 9.62 Å². The number of carbonyl (C=O) groups is 1. The Bertz CT molecular complexity index is 887. The highest BCUT2D eigenvalue weighted by Crippen LogP contribution is 2.19. The number of halogens is 1. The fraction of sp³-hybridized carbons (Fsp3) is 0.350. The summed E-state index contributed by atoms with van der Waals surface area (Å²) in [5.74, 6) is 1.49. The third-order valence-corrected chi connectivity index (χ3v) is 7.23. The van der Waals surface area contributed by atoms with Gasteiger partial charge in [-0.15, -0.1) is 0 Å². The molecule has 0 aliphatic carbocycles. The molecule has 0 aliphatic rings. The molecule has 0 atom stereocenters. The smallest absolute Gasteiger partial charge is 0.251 e. The van der Waals surface area contributed by atoms with Crippen LogP contribution in [0.4, 0.5) is 5.69 Å². The largest absolute Gasteiger partial charge is 0.351 e. The first kappa shape index (κ1) is 22.6. The number of anilines is 1. The molecule has 1 N–H and O–H groups in total. The number of rotatable bonds is 10. The lowest BCUT2D eigenvalue weighted by atomic mass is 10.2. The van der Waals surface area contributed by atoms with Crippen molar-refractivity contribution in [2.75, 3.05) is 28.9 Å². The summed E-state index contributed by atoms with van der Waals surface area (Å²) in [6, 6.07) is 14.4. The second-order valence-electron chi connectivity index (χ2n) is 6.05. The molecule has 0 saturated carbocycles. The van der Waals surface area contributed by atoms with Crippen molar-refractivity contribution in [1.82, 2.24) is 5.32 Å². The van der Waals surface area contributed by atoms with Gasteiger partial charge in [0.05, 0.1) is 11.4 Å². The van der Waals surface area contributed by atoms with E-state index < -0.39 is 10.0 Å². The van der Waals surface area contributed by atoms with Crippen molar-refractivity contribution in [3.8, 4) is 0 Å². The van der Waals surface area contributed by atoms with Gasteiger partial charge in [0, 0.05) is 35.2 Å². The highest BCUT2D eigenvalue weighted by Gasteiger charge is 2.18. The number of nitrogens with zero attached hydrogens (tertiary/aromatic N) is 1. The average molecular weight is 441 g/mol. The topological polar surface area (TPSA) is 66.5 Å². The summed E-state index contributed by atoms with van der Waals surface area (Å²) in [6.07, 6.45) is 0. The Kier molecular flexibility index (Phi) is 8.66. The van der Waals surface area contributed by atoms with Gasteiger partial charge in [-0.2, -0.15) is 11.8 Å². The molecule has 0 saturated heterocycles. The number of carbonyl (C=O) groups excluding carboxylic acids is 1. The molecule has 28 heavy (non-hydrogen) atoms. The highest BCUT2D eigenvalue weighted by atomic mass is 35.5. The molecule has 8 heteroatoms. The van der Waals surface area contributed by atoms with Crippen LogP contribution in [0, 0.1) is 0 Å². The molecule has 2 aromatic carbocycles. The third-order valence-electron chi connectivity index (χ3n) is 4.09. The molecule has 1 amide bonds. The van der Waals surface area contributed by atoms with Crippen LogP contribution in [-0.2, 0) is 15.8 Å². The van der Waals surface area contributed by atoms with Gasteiger partial charge in [0.2, 0.25) is 10.0 Å². The zero-order valence-electron chi connectivity index (χ0n) is 16.0. The van der Waals surface area contributed by atoms with Crippen LogP contribution in [-0.4, -0.2) is 38.9 Å². The van der Waals surface area contributed by atoms with Gasteiger partial charge in [-0.25, -0.2) is 8.42 Å². The van der Waals surface area contributed by atoms with E-state index in [0.29, 0.717) is 24.3 Å². The van der Waals surface area contributed by atoms with Crippen molar-refractivity contribution < 1.29 is 13.2 Å². The molecule has 2 aromatic rings. The van der Waals surface area contributed by atoms with Gasteiger partial charge in [-0.3, -0.25) is 9.10 Å². The summed E-state index contributed by atoms with van der Waals surface area (Å²) < 4.78 is 25.6. The minimum absolute atomic E-state index is 0.0376. The molecule has 0 radical (unpaired) electrons. The van der Waals surface area contributed by atoms with Crippen molar-refractivity contribution in [3.63, 3.8) is 0 Å². The molecule has 5 nitrogen and oxygen atoms in total. The zero-order valence-corrected chi connectivity index (χ0v) is 18.4. The summed E-state index contributed by atoms with van der Waals surface area (Å²) in [4.78, 5) is 12.3. The minimum Gasteiger partial charge on any atom is -0.351 e. The van der Waals surface area contributed by atoms with Crippen LogP contribution in [0.25, 0.3) is 0 Å².